The Kier molecular flexibility index (Phi) is 2.49. The first-order chi connectivity index (χ1) is 7.93. The van der Waals surface area contributed by atoms with Crippen molar-refractivity contribution in [1.29, 1.82) is 0 Å². The number of nitrogens with one attached hydrogen (secondary N) is 1. The molecule has 0 heterocycles. The summed E-state index contributed by atoms with van der Waals surface area (Å²) in [5.74, 6) is -1.29. The van der Waals surface area contributed by atoms with Crippen molar-refractivity contribution in [1.82, 2.24) is 0 Å². The number of carboxylic acids is 1. The molecule has 6 nitrogen and oxygen atoms in total. The maximum absolute atomic E-state index is 11.0. The van der Waals surface area contributed by atoms with E-state index in [0.717, 1.165) is 12.8 Å². The van der Waals surface area contributed by atoms with E-state index in [0.29, 0.717) is 0 Å². The second-order valence-electron chi connectivity index (χ2n) is 4.45. The van der Waals surface area contributed by atoms with Gasteiger partial charge in [-0.1, -0.05) is 6.07 Å². The van der Waals surface area contributed by atoms with E-state index in [1.54, 1.807) is 0 Å². The van der Waals surface area contributed by atoms with E-state index in [4.69, 9.17) is 5.11 Å². The first-order valence-corrected chi connectivity index (χ1v) is 5.22. The van der Waals surface area contributed by atoms with Crippen LogP contribution in [-0.2, 0) is 0 Å². The minimum atomic E-state index is -1.29. The fraction of sp³-hybridized carbons (Fsp3) is 0.364. The third kappa shape index (κ3) is 2.20. The second kappa shape index (κ2) is 3.73. The van der Waals surface area contributed by atoms with Gasteiger partial charge in [0.05, 0.1) is 4.92 Å². The summed E-state index contributed by atoms with van der Waals surface area (Å²) in [6.45, 7) is 1.95. The van der Waals surface area contributed by atoms with Gasteiger partial charge in [-0.05, 0) is 31.9 Å². The highest BCUT2D eigenvalue weighted by Crippen LogP contribution is 2.41. The normalized spacial score (nSPS) is 16.3. The Morgan fingerprint density at radius 1 is 1.53 bits per heavy atom. The molecule has 0 unspecified atom stereocenters. The maximum Gasteiger partial charge on any atom is 0.342 e. The molecule has 0 aliphatic heterocycles. The first-order valence-electron chi connectivity index (χ1n) is 5.22. The molecule has 90 valence electrons. The minimum absolute atomic E-state index is 0.137. The molecule has 2 N–H and O–H groups in total. The van der Waals surface area contributed by atoms with E-state index in [2.05, 4.69) is 5.32 Å². The standard InChI is InChI=1S/C11H12N2O4/c1-11(5-6-11)12-8-4-2-3-7(10(14)15)9(8)13(16)17/h2-4,12H,5-6H2,1H3,(H,14,15). The van der Waals surface area contributed by atoms with E-state index in [1.807, 2.05) is 6.92 Å². The molecule has 0 aromatic heterocycles. The Labute approximate surface area is 97.4 Å². The highest BCUT2D eigenvalue weighted by molar-refractivity contribution is 5.95. The number of para-hydroxylation sites is 1. The van der Waals surface area contributed by atoms with Gasteiger partial charge in [0.15, 0.2) is 0 Å². The highest BCUT2D eigenvalue weighted by Gasteiger charge is 2.39. The number of benzene rings is 1. The molecule has 0 radical (unpaired) electrons. The summed E-state index contributed by atoms with van der Waals surface area (Å²) in [5.41, 5.74) is -0.519. The van der Waals surface area contributed by atoms with Gasteiger partial charge in [-0.15, -0.1) is 0 Å². The molecule has 1 saturated carbocycles. The molecule has 1 aliphatic rings. The van der Waals surface area contributed by atoms with Crippen LogP contribution in [-0.4, -0.2) is 21.5 Å². The van der Waals surface area contributed by atoms with Crippen molar-refractivity contribution in [2.24, 2.45) is 0 Å². The van der Waals surface area contributed by atoms with Crippen LogP contribution in [0.3, 0.4) is 0 Å². The molecular formula is C11H12N2O4. The van der Waals surface area contributed by atoms with Crippen LogP contribution in [0.25, 0.3) is 0 Å². The lowest BCUT2D eigenvalue weighted by molar-refractivity contribution is -0.384. The SMILES string of the molecule is CC1(Nc2cccc(C(=O)O)c2[N+](=O)[O-])CC1. The fourth-order valence-electron chi connectivity index (χ4n) is 1.65. The van der Waals surface area contributed by atoms with Gasteiger partial charge in [0.25, 0.3) is 0 Å². The Balaban J connectivity index is 2.46. The molecule has 1 aliphatic carbocycles. The molecule has 1 aromatic rings. The van der Waals surface area contributed by atoms with E-state index >= 15 is 0 Å². The van der Waals surface area contributed by atoms with Gasteiger partial charge in [-0.25, -0.2) is 4.79 Å². The molecular weight excluding hydrogens is 224 g/mol. The van der Waals surface area contributed by atoms with Gasteiger partial charge in [0.2, 0.25) is 0 Å². The number of rotatable bonds is 4. The van der Waals surface area contributed by atoms with Gasteiger partial charge in [0.1, 0.15) is 11.3 Å². The van der Waals surface area contributed by atoms with Crippen LogP contribution in [0.4, 0.5) is 11.4 Å². The number of nitro groups is 1. The number of nitro benzene ring substituents is 1. The number of hydrogen-bond donors (Lipinski definition) is 2. The average molecular weight is 236 g/mol. The lowest BCUT2D eigenvalue weighted by Crippen LogP contribution is -2.18. The number of nitrogens with zero attached hydrogens (tertiary/aromatic N) is 1. The summed E-state index contributed by atoms with van der Waals surface area (Å²) in [5, 5.41) is 22.9. The van der Waals surface area contributed by atoms with Crippen molar-refractivity contribution in [3.8, 4) is 0 Å². The van der Waals surface area contributed by atoms with Gasteiger partial charge >= 0.3 is 11.7 Å². The summed E-state index contributed by atoms with van der Waals surface area (Å²) in [7, 11) is 0. The molecule has 0 atom stereocenters. The summed E-state index contributed by atoms with van der Waals surface area (Å²) in [6.07, 6.45) is 1.86. The lowest BCUT2D eigenvalue weighted by Gasteiger charge is -2.13. The quantitative estimate of drug-likeness (QED) is 0.617. The van der Waals surface area contributed by atoms with Gasteiger partial charge in [-0.2, -0.15) is 0 Å². The minimum Gasteiger partial charge on any atom is -0.477 e. The van der Waals surface area contributed by atoms with Crippen molar-refractivity contribution >= 4 is 17.3 Å². The van der Waals surface area contributed by atoms with Crippen LogP contribution in [0.2, 0.25) is 0 Å². The number of carbonyl (C=O) groups is 1. The van der Waals surface area contributed by atoms with E-state index in [1.165, 1.54) is 18.2 Å². The third-order valence-electron chi connectivity index (χ3n) is 2.89. The zero-order chi connectivity index (χ0) is 12.6. The number of anilines is 1. The van der Waals surface area contributed by atoms with E-state index in [-0.39, 0.29) is 22.5 Å². The van der Waals surface area contributed by atoms with Crippen LogP contribution in [0, 0.1) is 10.1 Å². The Morgan fingerprint density at radius 3 is 2.65 bits per heavy atom. The number of hydrogen-bond acceptors (Lipinski definition) is 4. The zero-order valence-electron chi connectivity index (χ0n) is 9.27. The van der Waals surface area contributed by atoms with Gasteiger partial charge in [0, 0.05) is 5.54 Å². The van der Waals surface area contributed by atoms with Crippen LogP contribution in [0.15, 0.2) is 18.2 Å². The van der Waals surface area contributed by atoms with Gasteiger partial charge < -0.3 is 10.4 Å². The smallest absolute Gasteiger partial charge is 0.342 e. The molecule has 17 heavy (non-hydrogen) atoms. The summed E-state index contributed by atoms with van der Waals surface area (Å²) in [6, 6.07) is 4.28. The number of aromatic carboxylic acids is 1. The van der Waals surface area contributed by atoms with E-state index < -0.39 is 10.9 Å². The molecule has 6 heteroatoms. The number of carboxylic acid groups (broad SMARTS) is 1. The van der Waals surface area contributed by atoms with Gasteiger partial charge in [-0.3, -0.25) is 10.1 Å². The molecule has 0 bridgehead atoms. The molecule has 0 amide bonds. The summed E-state index contributed by atoms with van der Waals surface area (Å²) < 4.78 is 0. The van der Waals surface area contributed by atoms with Crippen molar-refractivity contribution in [2.75, 3.05) is 5.32 Å². The first kappa shape index (κ1) is 11.4. The zero-order valence-corrected chi connectivity index (χ0v) is 9.27. The van der Waals surface area contributed by atoms with Crippen LogP contribution >= 0.6 is 0 Å². The molecule has 0 saturated heterocycles. The van der Waals surface area contributed by atoms with Crippen molar-refractivity contribution in [3.05, 3.63) is 33.9 Å². The molecule has 1 fully saturated rings. The van der Waals surface area contributed by atoms with Crippen LogP contribution < -0.4 is 5.32 Å². The van der Waals surface area contributed by atoms with Crippen LogP contribution in [0.1, 0.15) is 30.1 Å². The van der Waals surface area contributed by atoms with Crippen molar-refractivity contribution in [2.45, 2.75) is 25.3 Å². The van der Waals surface area contributed by atoms with Crippen LogP contribution in [0.5, 0.6) is 0 Å². The Hall–Kier alpha value is -2.11. The second-order valence-corrected chi connectivity index (χ2v) is 4.45. The highest BCUT2D eigenvalue weighted by atomic mass is 16.6. The van der Waals surface area contributed by atoms with Crippen molar-refractivity contribution < 1.29 is 14.8 Å². The Morgan fingerprint density at radius 2 is 2.18 bits per heavy atom. The Bertz CT molecular complexity index is 494. The fourth-order valence-corrected chi connectivity index (χ4v) is 1.65. The monoisotopic (exact) mass is 236 g/mol. The summed E-state index contributed by atoms with van der Waals surface area (Å²) in [4.78, 5) is 21.2. The third-order valence-corrected chi connectivity index (χ3v) is 2.89. The molecule has 1 aromatic carbocycles. The predicted octanol–water partition coefficient (Wildman–Crippen LogP) is 2.26. The van der Waals surface area contributed by atoms with E-state index in [9.17, 15) is 14.9 Å². The average Bonchev–Trinajstić information content (AvgIpc) is 2.95. The maximum atomic E-state index is 11.0. The largest absolute Gasteiger partial charge is 0.477 e. The molecule has 0 spiro atoms. The van der Waals surface area contributed by atoms with Crippen molar-refractivity contribution in [3.63, 3.8) is 0 Å². The predicted molar refractivity (Wildman–Crippen MR) is 61.3 cm³/mol. The molecule has 2 rings (SSSR count). The lowest BCUT2D eigenvalue weighted by atomic mass is 10.1. The summed E-state index contributed by atoms with van der Waals surface area (Å²) >= 11 is 0. The topological polar surface area (TPSA) is 92.5 Å².